The molecule has 0 amide bonds. The van der Waals surface area contributed by atoms with E-state index in [4.69, 9.17) is 9.47 Å². The number of hydrogen-bond donors (Lipinski definition) is 2. The van der Waals surface area contributed by atoms with Gasteiger partial charge in [0.05, 0.1) is 18.8 Å². The molecule has 2 aromatic rings. The van der Waals surface area contributed by atoms with Crippen molar-refractivity contribution in [2.24, 2.45) is 0 Å². The van der Waals surface area contributed by atoms with Crippen molar-refractivity contribution >= 4 is 0 Å². The molecule has 0 saturated carbocycles. The monoisotopic (exact) mass is 314 g/mol. The van der Waals surface area contributed by atoms with Crippen LogP contribution in [0.1, 0.15) is 30.6 Å². The summed E-state index contributed by atoms with van der Waals surface area (Å²) in [6, 6.07) is 18.7. The highest BCUT2D eigenvalue weighted by Gasteiger charge is 2.48. The van der Waals surface area contributed by atoms with Gasteiger partial charge in [0.15, 0.2) is 0 Å². The molecule has 122 valence electrons. The smallest absolute Gasteiger partial charge is 0.226 e. The second-order valence-corrected chi connectivity index (χ2v) is 5.88. The van der Waals surface area contributed by atoms with E-state index in [2.05, 4.69) is 0 Å². The van der Waals surface area contributed by atoms with Gasteiger partial charge in [0.1, 0.15) is 6.10 Å². The third kappa shape index (κ3) is 3.16. The van der Waals surface area contributed by atoms with E-state index in [0.29, 0.717) is 18.6 Å². The molecule has 1 fully saturated rings. The minimum atomic E-state index is -1.32. The van der Waals surface area contributed by atoms with Crippen molar-refractivity contribution in [3.8, 4) is 0 Å². The molecule has 1 aliphatic heterocycles. The van der Waals surface area contributed by atoms with Gasteiger partial charge in [-0.2, -0.15) is 0 Å². The van der Waals surface area contributed by atoms with Crippen molar-refractivity contribution in [3.63, 3.8) is 0 Å². The Morgan fingerprint density at radius 1 is 1.00 bits per heavy atom. The van der Waals surface area contributed by atoms with E-state index < -0.39 is 18.0 Å². The fourth-order valence-electron chi connectivity index (χ4n) is 2.96. The standard InChI is InChI=1S/C19H22O4/c1-14(20)17-12-13-22-19(23-17,16-10-6-3-7-11-16)18(21)15-8-4-2-5-9-15/h2-11,14,17-18,20-21H,12-13H2,1H3. The zero-order chi connectivity index (χ0) is 16.3. The van der Waals surface area contributed by atoms with Crippen LogP contribution in [0.5, 0.6) is 0 Å². The molecule has 4 atom stereocenters. The Labute approximate surface area is 136 Å². The van der Waals surface area contributed by atoms with Gasteiger partial charge >= 0.3 is 0 Å². The molecular formula is C19H22O4. The molecule has 3 rings (SSSR count). The second-order valence-electron chi connectivity index (χ2n) is 5.88. The van der Waals surface area contributed by atoms with Crippen LogP contribution in [-0.4, -0.2) is 29.0 Å². The Kier molecular flexibility index (Phi) is 4.78. The van der Waals surface area contributed by atoms with E-state index in [1.54, 1.807) is 6.92 Å². The number of rotatable bonds is 4. The molecule has 0 bridgehead atoms. The second kappa shape index (κ2) is 6.81. The van der Waals surface area contributed by atoms with Crippen molar-refractivity contribution in [3.05, 3.63) is 71.8 Å². The van der Waals surface area contributed by atoms with E-state index in [1.807, 2.05) is 60.7 Å². The first-order chi connectivity index (χ1) is 11.1. The molecule has 0 spiro atoms. The maximum atomic E-state index is 11.0. The summed E-state index contributed by atoms with van der Waals surface area (Å²) in [5.74, 6) is -1.32. The van der Waals surface area contributed by atoms with E-state index in [0.717, 1.165) is 5.56 Å². The van der Waals surface area contributed by atoms with Gasteiger partial charge in [0, 0.05) is 5.56 Å². The van der Waals surface area contributed by atoms with Crippen LogP contribution in [0.4, 0.5) is 0 Å². The fourth-order valence-corrected chi connectivity index (χ4v) is 2.96. The average Bonchev–Trinajstić information content (AvgIpc) is 2.62. The first-order valence-corrected chi connectivity index (χ1v) is 7.92. The maximum Gasteiger partial charge on any atom is 0.226 e. The third-order valence-electron chi connectivity index (χ3n) is 4.23. The lowest BCUT2D eigenvalue weighted by Crippen LogP contribution is -2.49. The van der Waals surface area contributed by atoms with Crippen LogP contribution in [-0.2, 0) is 15.3 Å². The van der Waals surface area contributed by atoms with Crippen LogP contribution in [0.3, 0.4) is 0 Å². The Balaban J connectivity index is 2.03. The molecule has 4 nitrogen and oxygen atoms in total. The molecular weight excluding hydrogens is 292 g/mol. The predicted molar refractivity (Wildman–Crippen MR) is 86.6 cm³/mol. The van der Waals surface area contributed by atoms with Gasteiger partial charge in [-0.05, 0) is 18.9 Å². The molecule has 4 unspecified atom stereocenters. The Bertz CT molecular complexity index is 614. The quantitative estimate of drug-likeness (QED) is 0.911. The molecule has 1 saturated heterocycles. The fraction of sp³-hybridized carbons (Fsp3) is 0.368. The van der Waals surface area contributed by atoms with E-state index >= 15 is 0 Å². The van der Waals surface area contributed by atoms with E-state index in [-0.39, 0.29) is 6.10 Å². The minimum absolute atomic E-state index is 0.387. The first-order valence-electron chi connectivity index (χ1n) is 7.92. The summed E-state index contributed by atoms with van der Waals surface area (Å²) < 4.78 is 12.1. The zero-order valence-corrected chi connectivity index (χ0v) is 13.1. The Morgan fingerprint density at radius 2 is 1.61 bits per heavy atom. The van der Waals surface area contributed by atoms with Crippen molar-refractivity contribution in [2.45, 2.75) is 37.4 Å². The lowest BCUT2D eigenvalue weighted by molar-refractivity contribution is -0.351. The average molecular weight is 314 g/mol. The van der Waals surface area contributed by atoms with Crippen LogP contribution >= 0.6 is 0 Å². The van der Waals surface area contributed by atoms with Gasteiger partial charge in [0.25, 0.3) is 0 Å². The normalized spacial score (nSPS) is 27.3. The largest absolute Gasteiger partial charge is 0.391 e. The summed E-state index contributed by atoms with van der Waals surface area (Å²) in [4.78, 5) is 0. The number of ether oxygens (including phenoxy) is 2. The predicted octanol–water partition coefficient (Wildman–Crippen LogP) is 2.76. The zero-order valence-electron chi connectivity index (χ0n) is 13.1. The number of aliphatic hydroxyl groups excluding tert-OH is 2. The highest BCUT2D eigenvalue weighted by atomic mass is 16.7. The molecule has 0 aromatic heterocycles. The molecule has 4 heteroatoms. The highest BCUT2D eigenvalue weighted by molar-refractivity contribution is 5.28. The van der Waals surface area contributed by atoms with Crippen LogP contribution < -0.4 is 0 Å². The topological polar surface area (TPSA) is 58.9 Å². The summed E-state index contributed by atoms with van der Waals surface area (Å²) in [5, 5.41) is 21.0. The van der Waals surface area contributed by atoms with E-state index in [9.17, 15) is 10.2 Å². The summed E-state index contributed by atoms with van der Waals surface area (Å²) in [6.07, 6.45) is -1.42. The summed E-state index contributed by atoms with van der Waals surface area (Å²) in [7, 11) is 0. The van der Waals surface area contributed by atoms with Crippen LogP contribution in [0.15, 0.2) is 60.7 Å². The SMILES string of the molecule is CC(O)C1CCOC(c2ccccc2)(C(O)c2ccccc2)O1. The summed E-state index contributed by atoms with van der Waals surface area (Å²) in [5.41, 5.74) is 1.45. The third-order valence-corrected chi connectivity index (χ3v) is 4.23. The summed E-state index contributed by atoms with van der Waals surface area (Å²) >= 11 is 0. The van der Waals surface area contributed by atoms with Gasteiger partial charge in [0.2, 0.25) is 5.79 Å². The lowest BCUT2D eigenvalue weighted by Gasteiger charge is -2.45. The maximum absolute atomic E-state index is 11.0. The Hall–Kier alpha value is -1.72. The number of aliphatic hydroxyl groups is 2. The molecule has 2 aromatic carbocycles. The van der Waals surface area contributed by atoms with Crippen LogP contribution in [0.25, 0.3) is 0 Å². The molecule has 0 radical (unpaired) electrons. The van der Waals surface area contributed by atoms with Crippen molar-refractivity contribution < 1.29 is 19.7 Å². The summed E-state index contributed by atoms with van der Waals surface area (Å²) in [6.45, 7) is 2.11. The van der Waals surface area contributed by atoms with Gasteiger partial charge in [-0.1, -0.05) is 60.7 Å². The highest BCUT2D eigenvalue weighted by Crippen LogP contribution is 2.43. The molecule has 2 N–H and O–H groups in total. The van der Waals surface area contributed by atoms with Gasteiger partial charge in [-0.25, -0.2) is 0 Å². The minimum Gasteiger partial charge on any atom is -0.391 e. The van der Waals surface area contributed by atoms with Gasteiger partial charge < -0.3 is 19.7 Å². The van der Waals surface area contributed by atoms with Gasteiger partial charge in [-0.3, -0.25) is 0 Å². The van der Waals surface area contributed by atoms with Crippen LogP contribution in [0, 0.1) is 0 Å². The van der Waals surface area contributed by atoms with E-state index in [1.165, 1.54) is 0 Å². The molecule has 23 heavy (non-hydrogen) atoms. The van der Waals surface area contributed by atoms with Crippen LogP contribution in [0.2, 0.25) is 0 Å². The number of benzene rings is 2. The molecule has 0 aliphatic carbocycles. The first kappa shape index (κ1) is 16.1. The van der Waals surface area contributed by atoms with Crippen molar-refractivity contribution in [1.82, 2.24) is 0 Å². The van der Waals surface area contributed by atoms with Gasteiger partial charge in [-0.15, -0.1) is 0 Å². The molecule has 1 aliphatic rings. The van der Waals surface area contributed by atoms with Crippen molar-refractivity contribution in [1.29, 1.82) is 0 Å². The Morgan fingerprint density at radius 3 is 2.22 bits per heavy atom. The lowest BCUT2D eigenvalue weighted by atomic mass is 9.92. The van der Waals surface area contributed by atoms with Crippen molar-refractivity contribution in [2.75, 3.05) is 6.61 Å². The number of hydrogen-bond acceptors (Lipinski definition) is 4. The molecule has 1 heterocycles.